The second kappa shape index (κ2) is 7.00. The second-order valence-electron chi connectivity index (χ2n) is 15.5. The molecule has 5 unspecified atom stereocenters. The Balaban J connectivity index is 1.60. The first-order valence-electron chi connectivity index (χ1n) is 14.2. The van der Waals surface area contributed by atoms with E-state index in [1.54, 1.807) is 0 Å². The second-order valence-corrected chi connectivity index (χ2v) is 15.5. The number of hydrogen-bond donors (Lipinski definition) is 3. The first-order chi connectivity index (χ1) is 15.1. The van der Waals surface area contributed by atoms with E-state index in [0.29, 0.717) is 11.8 Å². The van der Waals surface area contributed by atoms with Crippen molar-refractivity contribution in [1.82, 2.24) is 0 Å². The molecular formula is C30H52O3. The van der Waals surface area contributed by atoms with Gasteiger partial charge in [-0.05, 0) is 115 Å². The molecule has 33 heavy (non-hydrogen) atoms. The predicted octanol–water partition coefficient (Wildman–Crippen LogP) is 6.40. The molecule has 3 heteroatoms. The van der Waals surface area contributed by atoms with Gasteiger partial charge in [0.2, 0.25) is 0 Å². The Morgan fingerprint density at radius 1 is 0.727 bits per heavy atom. The lowest BCUT2D eigenvalue weighted by molar-refractivity contribution is -0.381. The number of fused-ring (bicyclic) bond motifs is 7. The smallest absolute Gasteiger partial charge is 0.195 e. The Labute approximate surface area is 203 Å². The molecule has 190 valence electrons. The first-order valence-corrected chi connectivity index (χ1v) is 14.2. The van der Waals surface area contributed by atoms with Crippen molar-refractivity contribution in [3.8, 4) is 0 Å². The van der Waals surface area contributed by atoms with Crippen molar-refractivity contribution < 1.29 is 15.3 Å². The maximum Gasteiger partial charge on any atom is 0.195 e. The molecule has 5 aliphatic carbocycles. The molecule has 0 aromatic carbocycles. The summed E-state index contributed by atoms with van der Waals surface area (Å²) in [5, 5.41) is 34.1. The van der Waals surface area contributed by atoms with Crippen molar-refractivity contribution in [3.05, 3.63) is 0 Å². The van der Waals surface area contributed by atoms with Crippen LogP contribution in [0.4, 0.5) is 0 Å². The molecule has 0 radical (unpaired) electrons. The van der Waals surface area contributed by atoms with E-state index in [9.17, 15) is 15.3 Å². The van der Waals surface area contributed by atoms with Crippen molar-refractivity contribution in [3.63, 3.8) is 0 Å². The van der Waals surface area contributed by atoms with Crippen molar-refractivity contribution in [2.75, 3.05) is 0 Å². The third kappa shape index (κ3) is 2.80. The summed E-state index contributed by atoms with van der Waals surface area (Å²) in [4.78, 5) is 0. The van der Waals surface area contributed by atoms with Crippen LogP contribution in [-0.2, 0) is 0 Å². The summed E-state index contributed by atoms with van der Waals surface area (Å²) in [6.45, 7) is 19.3. The maximum atomic E-state index is 11.6. The molecule has 3 nitrogen and oxygen atoms in total. The highest BCUT2D eigenvalue weighted by atomic mass is 16.5. The highest BCUT2D eigenvalue weighted by Gasteiger charge is 2.75. The van der Waals surface area contributed by atoms with Crippen LogP contribution in [0.5, 0.6) is 0 Å². The summed E-state index contributed by atoms with van der Waals surface area (Å²) in [7, 11) is 0. The molecule has 3 N–H and O–H groups in total. The molecule has 0 bridgehead atoms. The van der Waals surface area contributed by atoms with E-state index in [1.807, 2.05) is 0 Å². The van der Waals surface area contributed by atoms with Gasteiger partial charge in [-0.1, -0.05) is 55.4 Å². The van der Waals surface area contributed by atoms with E-state index >= 15 is 0 Å². The van der Waals surface area contributed by atoms with Crippen molar-refractivity contribution >= 4 is 0 Å². The summed E-state index contributed by atoms with van der Waals surface area (Å²) in [5.74, 6) is 1.57. The highest BCUT2D eigenvalue weighted by molar-refractivity contribution is 5.21. The first kappa shape index (κ1) is 24.6. The minimum Gasteiger partial charge on any atom is -0.387 e. The molecule has 5 rings (SSSR count). The van der Waals surface area contributed by atoms with Crippen LogP contribution in [0, 0.1) is 62.6 Å². The van der Waals surface area contributed by atoms with Crippen LogP contribution in [0.15, 0.2) is 0 Å². The molecule has 10 atom stereocenters. The number of aliphatic hydroxyl groups is 3. The van der Waals surface area contributed by atoms with Crippen molar-refractivity contribution in [2.45, 2.75) is 125 Å². The molecule has 0 spiro atoms. The zero-order valence-corrected chi connectivity index (χ0v) is 22.7. The number of aliphatic hydroxyl groups excluding tert-OH is 1. The molecule has 0 aromatic rings. The standard InChI is InChI=1S/C30H52O3/c1-18(2)19-11-13-26(5)15-16-27(6)20(24(19)26)9-10-22-28(27,7)14-12-21-25(3,4)17-23(31)30(32,33)29(21,22)8/h18-24,31-33H,9-17H2,1-8H3/t19-,20?,21?,22?,23?,24?,26-,27-,28-,29+/m1/s1. The lowest BCUT2D eigenvalue weighted by atomic mass is 9.31. The van der Waals surface area contributed by atoms with Gasteiger partial charge in [0, 0.05) is 5.41 Å². The fraction of sp³-hybridized carbons (Fsp3) is 1.00. The summed E-state index contributed by atoms with van der Waals surface area (Å²) < 4.78 is 0. The van der Waals surface area contributed by atoms with E-state index < -0.39 is 17.3 Å². The molecule has 0 amide bonds. The summed E-state index contributed by atoms with van der Waals surface area (Å²) >= 11 is 0. The third-order valence-electron chi connectivity index (χ3n) is 13.8. The van der Waals surface area contributed by atoms with Gasteiger partial charge in [-0.15, -0.1) is 0 Å². The minimum atomic E-state index is -2.01. The van der Waals surface area contributed by atoms with Gasteiger partial charge in [0.15, 0.2) is 5.79 Å². The minimum absolute atomic E-state index is 0.0798. The van der Waals surface area contributed by atoms with E-state index in [0.717, 1.165) is 36.5 Å². The molecule has 0 heterocycles. The Kier molecular flexibility index (Phi) is 5.21. The molecule has 5 aliphatic rings. The summed E-state index contributed by atoms with van der Waals surface area (Å²) in [6.07, 6.45) is 9.32. The topological polar surface area (TPSA) is 60.7 Å². The molecule has 0 aliphatic heterocycles. The van der Waals surface area contributed by atoms with E-state index in [4.69, 9.17) is 0 Å². The Morgan fingerprint density at radius 3 is 2.03 bits per heavy atom. The van der Waals surface area contributed by atoms with Crippen LogP contribution in [0.2, 0.25) is 0 Å². The fourth-order valence-corrected chi connectivity index (χ4v) is 11.8. The molecule has 0 aromatic heterocycles. The summed E-state index contributed by atoms with van der Waals surface area (Å²) in [6, 6.07) is 0. The normalized spacial score (nSPS) is 57.1. The van der Waals surface area contributed by atoms with Crippen LogP contribution >= 0.6 is 0 Å². The van der Waals surface area contributed by atoms with Gasteiger partial charge in [-0.2, -0.15) is 0 Å². The quantitative estimate of drug-likeness (QED) is 0.397. The van der Waals surface area contributed by atoms with Crippen LogP contribution in [0.3, 0.4) is 0 Å². The SMILES string of the molecule is CC(C)[C@H]1CC[C@]2(C)CC[C@]3(C)C(CCC4[C@]5(C)C(CC[C@]43C)C(C)(C)CC(O)C5(O)O)C12. The van der Waals surface area contributed by atoms with E-state index in [-0.39, 0.29) is 28.1 Å². The molecule has 5 saturated carbocycles. The zero-order chi connectivity index (χ0) is 24.4. The average Bonchev–Trinajstić information content (AvgIpc) is 3.05. The van der Waals surface area contributed by atoms with Gasteiger partial charge in [0.05, 0.1) is 0 Å². The molecule has 5 fully saturated rings. The van der Waals surface area contributed by atoms with Gasteiger partial charge in [-0.3, -0.25) is 0 Å². The summed E-state index contributed by atoms with van der Waals surface area (Å²) in [5.41, 5.74) is 0.0410. The Bertz CT molecular complexity index is 802. The Hall–Kier alpha value is -0.120. The van der Waals surface area contributed by atoms with Crippen LogP contribution in [-0.4, -0.2) is 27.2 Å². The van der Waals surface area contributed by atoms with Crippen molar-refractivity contribution in [1.29, 1.82) is 0 Å². The van der Waals surface area contributed by atoms with E-state index in [1.165, 1.54) is 38.5 Å². The van der Waals surface area contributed by atoms with Gasteiger partial charge in [-0.25, -0.2) is 0 Å². The Morgan fingerprint density at radius 2 is 1.39 bits per heavy atom. The predicted molar refractivity (Wildman–Crippen MR) is 133 cm³/mol. The molecule has 0 saturated heterocycles. The third-order valence-corrected chi connectivity index (χ3v) is 13.8. The largest absolute Gasteiger partial charge is 0.387 e. The van der Waals surface area contributed by atoms with Crippen molar-refractivity contribution in [2.24, 2.45) is 62.6 Å². The average molecular weight is 461 g/mol. The monoisotopic (exact) mass is 460 g/mol. The number of hydrogen-bond acceptors (Lipinski definition) is 3. The lowest BCUT2D eigenvalue weighted by Crippen LogP contribution is -2.74. The lowest BCUT2D eigenvalue weighted by Gasteiger charge is -2.74. The zero-order valence-electron chi connectivity index (χ0n) is 22.7. The number of rotatable bonds is 1. The van der Waals surface area contributed by atoms with Gasteiger partial charge in [0.25, 0.3) is 0 Å². The maximum absolute atomic E-state index is 11.6. The highest BCUT2D eigenvalue weighted by Crippen LogP contribution is 2.78. The van der Waals surface area contributed by atoms with E-state index in [2.05, 4.69) is 55.4 Å². The molecular weight excluding hydrogens is 408 g/mol. The van der Waals surface area contributed by atoms with Crippen LogP contribution < -0.4 is 0 Å². The fourth-order valence-electron chi connectivity index (χ4n) is 11.8. The van der Waals surface area contributed by atoms with Gasteiger partial charge < -0.3 is 15.3 Å². The van der Waals surface area contributed by atoms with Gasteiger partial charge >= 0.3 is 0 Å². The van der Waals surface area contributed by atoms with Crippen LogP contribution in [0.1, 0.15) is 113 Å². The van der Waals surface area contributed by atoms with Crippen LogP contribution in [0.25, 0.3) is 0 Å². The van der Waals surface area contributed by atoms with Gasteiger partial charge in [0.1, 0.15) is 6.10 Å².